The van der Waals surface area contributed by atoms with Crippen LogP contribution in [0.2, 0.25) is 0 Å². The van der Waals surface area contributed by atoms with E-state index in [9.17, 15) is 9.59 Å². The summed E-state index contributed by atoms with van der Waals surface area (Å²) >= 11 is 6.25. The van der Waals surface area contributed by atoms with Gasteiger partial charge in [-0.15, -0.1) is 11.6 Å². The summed E-state index contributed by atoms with van der Waals surface area (Å²) in [6, 6.07) is -0.581. The Morgan fingerprint density at radius 2 is 1.86 bits per heavy atom. The van der Waals surface area contributed by atoms with Gasteiger partial charge < -0.3 is 9.47 Å². The summed E-state index contributed by atoms with van der Waals surface area (Å²) < 4.78 is 10.3. The van der Waals surface area contributed by atoms with Crippen LogP contribution in [-0.4, -0.2) is 47.1 Å². The number of likely N-dealkylation sites (tertiary alicyclic amines) is 1. The lowest BCUT2D eigenvalue weighted by atomic mass is 9.84. The molecule has 1 amide bonds. The molecule has 1 saturated heterocycles. The average molecular weight is 318 g/mol. The van der Waals surface area contributed by atoms with E-state index in [-0.39, 0.29) is 17.4 Å². The fourth-order valence-electron chi connectivity index (χ4n) is 3.33. The Balaban J connectivity index is 2.22. The normalized spacial score (nSPS) is 32.5. The van der Waals surface area contributed by atoms with Crippen LogP contribution in [0.15, 0.2) is 0 Å². The molecule has 0 aromatic heterocycles. The molecule has 2 fully saturated rings. The van der Waals surface area contributed by atoms with E-state index in [1.165, 1.54) is 7.11 Å². The number of rotatable bonds is 1. The van der Waals surface area contributed by atoms with Crippen molar-refractivity contribution in [2.45, 2.75) is 69.5 Å². The summed E-state index contributed by atoms with van der Waals surface area (Å²) in [7, 11) is 1.35. The fourth-order valence-corrected chi connectivity index (χ4v) is 3.64. The number of alkyl halides is 1. The zero-order chi connectivity index (χ0) is 15.8. The quantitative estimate of drug-likeness (QED) is 0.551. The fraction of sp³-hybridized carbons (Fsp3) is 0.867. The van der Waals surface area contributed by atoms with E-state index >= 15 is 0 Å². The van der Waals surface area contributed by atoms with Crippen LogP contribution in [0, 0.1) is 5.92 Å². The SMILES string of the molecule is COC(=O)[C@@H]1C[C@@H]2CC[C@@H](Cl)C[C@@H]2N1C(=O)OC(C)(C)C. The summed E-state index contributed by atoms with van der Waals surface area (Å²) in [4.78, 5) is 26.1. The maximum absolute atomic E-state index is 12.5. The standard InChI is InChI=1S/C15H24ClNO4/c1-15(2,3)21-14(19)17-11-8-10(16)6-5-9(11)7-12(17)13(18)20-4/h9-12H,5-8H2,1-4H3/t9-,10+,11-,12-/m0/s1. The molecule has 1 saturated carbocycles. The van der Waals surface area contributed by atoms with Crippen LogP contribution >= 0.6 is 11.6 Å². The number of amides is 1. The van der Waals surface area contributed by atoms with Gasteiger partial charge in [-0.1, -0.05) is 0 Å². The maximum Gasteiger partial charge on any atom is 0.411 e. The highest BCUT2D eigenvalue weighted by atomic mass is 35.5. The molecule has 0 spiro atoms. The molecule has 0 radical (unpaired) electrons. The van der Waals surface area contributed by atoms with Gasteiger partial charge in [-0.05, 0) is 52.4 Å². The number of hydrogen-bond donors (Lipinski definition) is 0. The van der Waals surface area contributed by atoms with E-state index in [0.717, 1.165) is 12.8 Å². The third-order valence-electron chi connectivity index (χ3n) is 4.19. The molecule has 2 rings (SSSR count). The lowest BCUT2D eigenvalue weighted by Crippen LogP contribution is -2.49. The second-order valence-electron chi connectivity index (χ2n) is 6.90. The lowest BCUT2D eigenvalue weighted by Gasteiger charge is -2.35. The highest BCUT2D eigenvalue weighted by Gasteiger charge is 2.50. The Morgan fingerprint density at radius 1 is 1.19 bits per heavy atom. The number of nitrogens with zero attached hydrogens (tertiary/aromatic N) is 1. The van der Waals surface area contributed by atoms with Crippen molar-refractivity contribution in [3.05, 3.63) is 0 Å². The Bertz CT molecular complexity index is 420. The highest BCUT2D eigenvalue weighted by Crippen LogP contribution is 2.42. The van der Waals surface area contributed by atoms with E-state index in [0.29, 0.717) is 18.8 Å². The van der Waals surface area contributed by atoms with Crippen LogP contribution in [0.5, 0.6) is 0 Å². The summed E-state index contributed by atoms with van der Waals surface area (Å²) in [5.41, 5.74) is -0.592. The van der Waals surface area contributed by atoms with Crippen LogP contribution < -0.4 is 0 Å². The minimum absolute atomic E-state index is 0.0276. The first kappa shape index (κ1) is 16.4. The third-order valence-corrected chi connectivity index (χ3v) is 4.59. The van der Waals surface area contributed by atoms with E-state index in [1.807, 2.05) is 20.8 Å². The summed E-state index contributed by atoms with van der Waals surface area (Å²) in [6.45, 7) is 5.45. The van der Waals surface area contributed by atoms with Gasteiger partial charge in [0.05, 0.1) is 7.11 Å². The number of hydrogen-bond acceptors (Lipinski definition) is 4. The van der Waals surface area contributed by atoms with E-state index in [4.69, 9.17) is 21.1 Å². The van der Waals surface area contributed by atoms with Crippen molar-refractivity contribution >= 4 is 23.7 Å². The molecule has 1 aliphatic carbocycles. The first-order valence-electron chi connectivity index (χ1n) is 7.46. The molecule has 6 heteroatoms. The Kier molecular flexibility index (Phi) is 4.71. The summed E-state index contributed by atoms with van der Waals surface area (Å²) in [5, 5.41) is 0.0487. The molecular weight excluding hydrogens is 294 g/mol. The topological polar surface area (TPSA) is 55.8 Å². The average Bonchev–Trinajstić information content (AvgIpc) is 2.74. The van der Waals surface area contributed by atoms with Gasteiger partial charge in [-0.2, -0.15) is 0 Å². The number of esters is 1. The predicted octanol–water partition coefficient (Wildman–Crippen LogP) is 2.94. The first-order chi connectivity index (χ1) is 9.73. The van der Waals surface area contributed by atoms with Crippen LogP contribution in [0.25, 0.3) is 0 Å². The van der Waals surface area contributed by atoms with Gasteiger partial charge in [0.1, 0.15) is 11.6 Å². The van der Waals surface area contributed by atoms with Gasteiger partial charge in [0.15, 0.2) is 0 Å². The number of methoxy groups -OCH3 is 1. The van der Waals surface area contributed by atoms with Crippen LogP contribution in [0.1, 0.15) is 46.5 Å². The van der Waals surface area contributed by atoms with Crippen LogP contribution in [0.3, 0.4) is 0 Å². The monoisotopic (exact) mass is 317 g/mol. The molecule has 0 aromatic carbocycles. The van der Waals surface area contributed by atoms with E-state index in [1.54, 1.807) is 4.90 Å². The molecule has 0 N–H and O–H groups in total. The second kappa shape index (κ2) is 6.03. The largest absolute Gasteiger partial charge is 0.467 e. The molecular formula is C15H24ClNO4. The van der Waals surface area contributed by atoms with Gasteiger partial charge in [0.25, 0.3) is 0 Å². The third kappa shape index (κ3) is 3.62. The molecule has 1 aliphatic heterocycles. The summed E-state index contributed by atoms with van der Waals surface area (Å²) in [5.74, 6) is -0.0713. The van der Waals surface area contributed by atoms with Gasteiger partial charge in [0, 0.05) is 11.4 Å². The molecule has 5 nitrogen and oxygen atoms in total. The van der Waals surface area contributed by atoms with Crippen molar-refractivity contribution in [2.24, 2.45) is 5.92 Å². The van der Waals surface area contributed by atoms with Crippen LogP contribution in [0.4, 0.5) is 4.79 Å². The number of carbonyl (C=O) groups excluding carboxylic acids is 2. The Labute approximate surface area is 130 Å². The van der Waals surface area contributed by atoms with Crippen molar-refractivity contribution in [1.82, 2.24) is 4.90 Å². The van der Waals surface area contributed by atoms with Crippen LogP contribution in [-0.2, 0) is 14.3 Å². The molecule has 0 bridgehead atoms. The zero-order valence-corrected chi connectivity index (χ0v) is 13.9. The molecule has 120 valence electrons. The molecule has 21 heavy (non-hydrogen) atoms. The molecule has 2 aliphatic rings. The van der Waals surface area contributed by atoms with Gasteiger partial charge >= 0.3 is 12.1 Å². The second-order valence-corrected chi connectivity index (χ2v) is 7.52. The number of fused-ring (bicyclic) bond motifs is 1. The number of ether oxygens (including phenoxy) is 2. The van der Waals surface area contributed by atoms with Gasteiger partial charge in [0.2, 0.25) is 0 Å². The van der Waals surface area contributed by atoms with Crippen molar-refractivity contribution in [1.29, 1.82) is 0 Å². The maximum atomic E-state index is 12.5. The van der Waals surface area contributed by atoms with Crippen molar-refractivity contribution < 1.29 is 19.1 Å². The molecule has 4 atom stereocenters. The van der Waals surface area contributed by atoms with Crippen molar-refractivity contribution in [3.63, 3.8) is 0 Å². The van der Waals surface area contributed by atoms with Gasteiger partial charge in [-0.25, -0.2) is 9.59 Å². The minimum atomic E-state index is -0.592. The lowest BCUT2D eigenvalue weighted by molar-refractivity contribution is -0.146. The summed E-state index contributed by atoms with van der Waals surface area (Å²) in [6.07, 6.45) is 2.76. The number of carbonyl (C=O) groups is 2. The Morgan fingerprint density at radius 3 is 2.43 bits per heavy atom. The number of halogens is 1. The zero-order valence-electron chi connectivity index (χ0n) is 13.1. The minimum Gasteiger partial charge on any atom is -0.467 e. The molecule has 1 heterocycles. The smallest absolute Gasteiger partial charge is 0.411 e. The van der Waals surface area contributed by atoms with Gasteiger partial charge in [-0.3, -0.25) is 4.90 Å². The van der Waals surface area contributed by atoms with E-state index < -0.39 is 17.7 Å². The van der Waals surface area contributed by atoms with Crippen molar-refractivity contribution in [2.75, 3.05) is 7.11 Å². The molecule has 0 unspecified atom stereocenters. The van der Waals surface area contributed by atoms with Crippen molar-refractivity contribution in [3.8, 4) is 0 Å². The molecule has 0 aromatic rings. The predicted molar refractivity (Wildman–Crippen MR) is 79.3 cm³/mol. The first-order valence-corrected chi connectivity index (χ1v) is 7.90. The van der Waals surface area contributed by atoms with E-state index in [2.05, 4.69) is 0 Å². The highest BCUT2D eigenvalue weighted by molar-refractivity contribution is 6.20. The Hall–Kier alpha value is -0.970.